The zero-order valence-electron chi connectivity index (χ0n) is 44.5. The van der Waals surface area contributed by atoms with Crippen LogP contribution in [0.2, 0.25) is 0 Å². The Balaban J connectivity index is 1.53. The minimum atomic E-state index is -1.22. The van der Waals surface area contributed by atoms with Crippen molar-refractivity contribution in [3.05, 3.63) is 65.7 Å². The number of hydrogen-bond donors (Lipinski definition) is 13. The van der Waals surface area contributed by atoms with Crippen molar-refractivity contribution in [1.82, 2.24) is 42.1 Å². The molecule has 8 atom stereocenters. The number of benzene rings is 2. The van der Waals surface area contributed by atoms with Crippen molar-refractivity contribution in [2.24, 2.45) is 38.7 Å². The van der Waals surface area contributed by atoms with Gasteiger partial charge in [-0.3, -0.25) is 63.2 Å². The second-order valence-corrected chi connectivity index (χ2v) is 18.9. The largest absolute Gasteiger partial charge is 0.370 e. The molecule has 0 radical (unpaired) electrons. The van der Waals surface area contributed by atoms with Gasteiger partial charge in [0.05, 0.1) is 19.0 Å². The number of carbonyl (C=O) groups is 10. The maximum absolute atomic E-state index is 13.6. The quantitative estimate of drug-likeness (QED) is 0.0197. The Labute approximate surface area is 448 Å². The maximum Gasteiger partial charge on any atom is 0.246 e. The molecule has 422 valence electrons. The summed E-state index contributed by atoms with van der Waals surface area (Å²) < 4.78 is 0. The van der Waals surface area contributed by atoms with Crippen molar-refractivity contribution in [2.75, 3.05) is 31.5 Å². The molecule has 0 saturated carbocycles. The zero-order valence-corrected chi connectivity index (χ0v) is 44.5. The van der Waals surface area contributed by atoms with Gasteiger partial charge in [0, 0.05) is 31.7 Å². The smallest absolute Gasteiger partial charge is 0.246 e. The fourth-order valence-electron chi connectivity index (χ4n) is 7.86. The molecular weight excluding hydrogens is 997 g/mol. The molecule has 9 amide bonds. The summed E-state index contributed by atoms with van der Waals surface area (Å²) in [5, 5.41) is 21.2. The van der Waals surface area contributed by atoms with Crippen LogP contribution in [0.15, 0.2) is 64.6 Å². The van der Waals surface area contributed by atoms with Gasteiger partial charge in [0.1, 0.15) is 48.1 Å². The summed E-state index contributed by atoms with van der Waals surface area (Å²) in [7, 11) is 0. The van der Waals surface area contributed by atoms with E-state index in [4.69, 9.17) is 28.7 Å². The van der Waals surface area contributed by atoms with Crippen molar-refractivity contribution in [2.45, 2.75) is 147 Å². The van der Waals surface area contributed by atoms with E-state index in [1.54, 1.807) is 31.2 Å². The Bertz CT molecular complexity index is 2410. The Morgan fingerprint density at radius 1 is 0.584 bits per heavy atom. The third-order valence-corrected chi connectivity index (χ3v) is 12.4. The first-order valence-electron chi connectivity index (χ1n) is 25.7. The van der Waals surface area contributed by atoms with Gasteiger partial charge in [-0.25, -0.2) is 0 Å². The predicted octanol–water partition coefficient (Wildman–Crippen LogP) is -2.69. The summed E-state index contributed by atoms with van der Waals surface area (Å²) in [5.41, 5.74) is 29.2. The lowest BCUT2D eigenvalue weighted by atomic mass is 10.1. The van der Waals surface area contributed by atoms with Gasteiger partial charge in [0.15, 0.2) is 11.9 Å². The first-order chi connectivity index (χ1) is 36.4. The third kappa shape index (κ3) is 23.1. The average molecular weight is 1080 g/mol. The van der Waals surface area contributed by atoms with E-state index < -0.39 is 101 Å². The lowest BCUT2D eigenvalue weighted by molar-refractivity contribution is -0.140. The highest BCUT2D eigenvalue weighted by Crippen LogP contribution is 2.16. The molecule has 1 aliphatic heterocycles. The summed E-state index contributed by atoms with van der Waals surface area (Å²) in [4.78, 5) is 140. The Morgan fingerprint density at radius 3 is 1.65 bits per heavy atom. The van der Waals surface area contributed by atoms with Crippen LogP contribution in [0.1, 0.15) is 97.1 Å². The summed E-state index contributed by atoms with van der Waals surface area (Å²) >= 11 is 0. The average Bonchev–Trinajstić information content (AvgIpc) is 3.74. The standard InChI is InChI=1S/C51H78N16O10/c1-29(59-28-37(68)16-10-9-15-34-13-7-6-8-14-34)42(70)64-38(17-11-24-57-50(53)54)47(75)62-32(4)45(73)66-40-23-26-67(49(40)77)33(5)46(74)60-31(3)44(72)65-39(18-12-25-58-51(55)56)48(76)61-30(2)43(71)63-36-21-19-35(20-22-36)27-41(52)69/h6-8,13-14,19-22,29-33,38-40,59H,9-12,15-18,23-28H2,1-5H3,(H2,52,69)(H,60,74)(H,61,76)(H,62,75)(H,63,71)(H,64,70)(H,65,72)(H,66,73)(H4,53,54,57)(H4,55,56,58)/t29-,30-,31-,32-,33-,38-,39-,40+/m0/s1. The van der Waals surface area contributed by atoms with Crippen LogP contribution in [0.25, 0.3) is 0 Å². The first kappa shape index (κ1) is 63.1. The number of nitrogens with zero attached hydrogens (tertiary/aromatic N) is 3. The fourth-order valence-corrected chi connectivity index (χ4v) is 7.86. The molecule has 26 heteroatoms. The number of nitrogens with one attached hydrogen (secondary N) is 8. The first-order valence-corrected chi connectivity index (χ1v) is 25.7. The van der Waals surface area contributed by atoms with Crippen LogP contribution in [0.5, 0.6) is 0 Å². The van der Waals surface area contributed by atoms with Gasteiger partial charge in [-0.15, -0.1) is 0 Å². The van der Waals surface area contributed by atoms with Crippen molar-refractivity contribution in [3.8, 4) is 0 Å². The molecule has 3 rings (SSSR count). The monoisotopic (exact) mass is 1070 g/mol. The van der Waals surface area contributed by atoms with Crippen LogP contribution in [0.4, 0.5) is 5.69 Å². The Morgan fingerprint density at radius 2 is 1.10 bits per heavy atom. The molecule has 1 fully saturated rings. The number of nitrogens with two attached hydrogens (primary N) is 5. The molecule has 1 saturated heterocycles. The summed E-state index contributed by atoms with van der Waals surface area (Å²) in [6.45, 7) is 7.49. The van der Waals surface area contributed by atoms with E-state index in [0.717, 1.165) is 12.8 Å². The molecule has 2 aromatic rings. The number of primary amides is 1. The zero-order chi connectivity index (χ0) is 57.2. The van der Waals surface area contributed by atoms with E-state index in [0.29, 0.717) is 24.1 Å². The predicted molar refractivity (Wildman–Crippen MR) is 289 cm³/mol. The number of aryl methyl sites for hydroxylation is 1. The molecule has 0 spiro atoms. The molecule has 0 unspecified atom stereocenters. The number of rotatable bonds is 33. The van der Waals surface area contributed by atoms with Gasteiger partial charge < -0.3 is 70.8 Å². The third-order valence-electron chi connectivity index (χ3n) is 12.4. The lowest BCUT2D eigenvalue weighted by Crippen LogP contribution is -2.57. The molecule has 1 heterocycles. The highest BCUT2D eigenvalue weighted by molar-refractivity contribution is 6.00. The highest BCUT2D eigenvalue weighted by atomic mass is 16.2. The number of guanidine groups is 2. The van der Waals surface area contributed by atoms with E-state index in [1.165, 1.54) is 38.2 Å². The number of ketones is 1. The topological polar surface area (TPSA) is 425 Å². The molecule has 18 N–H and O–H groups in total. The van der Waals surface area contributed by atoms with Gasteiger partial charge in [-0.2, -0.15) is 0 Å². The van der Waals surface area contributed by atoms with E-state index >= 15 is 0 Å². The minimum absolute atomic E-state index is 0.0195. The Hall–Kier alpha value is -8.16. The maximum atomic E-state index is 13.6. The van der Waals surface area contributed by atoms with Crippen molar-refractivity contribution in [3.63, 3.8) is 0 Å². The molecule has 26 nitrogen and oxygen atoms in total. The van der Waals surface area contributed by atoms with Crippen LogP contribution in [-0.4, -0.2) is 150 Å². The van der Waals surface area contributed by atoms with Crippen LogP contribution in [-0.2, 0) is 60.8 Å². The number of unbranched alkanes of at least 4 members (excludes halogenated alkanes) is 1. The van der Waals surface area contributed by atoms with E-state index in [1.807, 2.05) is 30.3 Å². The second-order valence-electron chi connectivity index (χ2n) is 18.9. The normalized spacial score (nSPS) is 15.6. The minimum Gasteiger partial charge on any atom is -0.370 e. The van der Waals surface area contributed by atoms with Gasteiger partial charge >= 0.3 is 0 Å². The summed E-state index contributed by atoms with van der Waals surface area (Å²) in [5.74, 6) is -6.25. The van der Waals surface area contributed by atoms with E-state index in [-0.39, 0.29) is 82.4 Å². The molecule has 0 aromatic heterocycles. The molecule has 2 aromatic carbocycles. The number of Topliss-reactive ketones (excluding diaryl/α,β-unsaturated/α-hetero) is 1. The number of aliphatic imine (C=N–C) groups is 2. The number of likely N-dealkylation sites (tertiary alicyclic amines) is 1. The Kier molecular flexibility index (Phi) is 26.5. The molecule has 0 bridgehead atoms. The lowest BCUT2D eigenvalue weighted by Gasteiger charge is -2.27. The van der Waals surface area contributed by atoms with E-state index in [2.05, 4.69) is 52.5 Å². The van der Waals surface area contributed by atoms with E-state index in [9.17, 15) is 47.9 Å². The van der Waals surface area contributed by atoms with Crippen LogP contribution < -0.4 is 71.2 Å². The highest BCUT2D eigenvalue weighted by Gasteiger charge is 2.39. The van der Waals surface area contributed by atoms with Crippen LogP contribution >= 0.6 is 0 Å². The van der Waals surface area contributed by atoms with Gasteiger partial charge in [-0.05, 0) is 109 Å². The van der Waals surface area contributed by atoms with Crippen molar-refractivity contribution in [1.29, 1.82) is 0 Å². The van der Waals surface area contributed by atoms with Gasteiger partial charge in [0.2, 0.25) is 53.2 Å². The second kappa shape index (κ2) is 32.3. The van der Waals surface area contributed by atoms with Crippen molar-refractivity contribution < 1.29 is 47.9 Å². The molecular formula is C51H78N16O10. The fraction of sp³-hybridized carbons (Fsp3) is 0.529. The molecule has 77 heavy (non-hydrogen) atoms. The van der Waals surface area contributed by atoms with Gasteiger partial charge in [0.25, 0.3) is 0 Å². The van der Waals surface area contributed by atoms with Gasteiger partial charge in [-0.1, -0.05) is 42.5 Å². The SMILES string of the molecule is C[C@H](NCC(=O)CCCCc1ccccc1)C(=O)N[C@@H](CCCN=C(N)N)C(=O)N[C@@H](C)C(=O)N[C@@H]1CCN([C@@H](C)C(=O)N[C@@H](C)C(=O)N[C@@H](CCCN=C(N)N)C(=O)N[C@@H](C)C(=O)Nc2ccc(CC(N)=O)cc2)C1=O. The number of carbonyl (C=O) groups excluding carboxylic acids is 10. The van der Waals surface area contributed by atoms with Crippen LogP contribution in [0, 0.1) is 0 Å². The number of hydrogen-bond acceptors (Lipinski definition) is 13. The molecule has 1 aliphatic rings. The van der Waals surface area contributed by atoms with Crippen LogP contribution in [0.3, 0.4) is 0 Å². The number of amides is 9. The summed E-state index contributed by atoms with van der Waals surface area (Å²) in [6, 6.07) is 7.48. The van der Waals surface area contributed by atoms with Crippen molar-refractivity contribution >= 4 is 76.6 Å². The number of anilines is 1. The summed E-state index contributed by atoms with van der Waals surface area (Å²) in [6.07, 6.45) is 3.50. The molecule has 0 aliphatic carbocycles.